The third kappa shape index (κ3) is 4.87. The highest BCUT2D eigenvalue weighted by Gasteiger charge is 2.16. The molecule has 9 heteroatoms. The van der Waals surface area contributed by atoms with Gasteiger partial charge < -0.3 is 9.47 Å². The van der Waals surface area contributed by atoms with Crippen molar-refractivity contribution in [3.05, 3.63) is 87.4 Å². The summed E-state index contributed by atoms with van der Waals surface area (Å²) in [5.74, 6) is 1.18. The molecule has 166 valence electrons. The predicted molar refractivity (Wildman–Crippen MR) is 131 cm³/mol. The molecule has 3 aromatic carbocycles. The van der Waals surface area contributed by atoms with Gasteiger partial charge in [-0.1, -0.05) is 41.1 Å². The van der Waals surface area contributed by atoms with Crippen LogP contribution in [0.25, 0.3) is 21.7 Å². The molecular formula is C24H18ClN3O4S. The lowest BCUT2D eigenvalue weighted by atomic mass is 10.1. The summed E-state index contributed by atoms with van der Waals surface area (Å²) >= 11 is 7.44. The first-order valence-corrected chi connectivity index (χ1v) is 11.0. The molecule has 0 atom stereocenters. The normalized spacial score (nSPS) is 11.0. The van der Waals surface area contributed by atoms with Crippen LogP contribution in [-0.2, 0) is 0 Å². The molecule has 0 unspecified atom stereocenters. The minimum Gasteiger partial charge on any atom is -0.493 e. The van der Waals surface area contributed by atoms with Crippen LogP contribution in [0.5, 0.6) is 11.5 Å². The molecule has 33 heavy (non-hydrogen) atoms. The Labute approximate surface area is 199 Å². The standard InChI is InChI=1S/C24H18ClN3O4S/c1-31-20-5-3-4-17(22(20)32-2)14-26-24-27-21(15-6-10-18(25)11-7-15)23(33-24)16-8-12-19(13-9-16)28(29)30/h3-14H,1-2H3. The average molecular weight is 480 g/mol. The Kier molecular flexibility index (Phi) is 6.67. The van der Waals surface area contributed by atoms with E-state index in [-0.39, 0.29) is 5.69 Å². The molecule has 0 spiro atoms. The number of nitro benzene ring substituents is 1. The topological polar surface area (TPSA) is 86.9 Å². The van der Waals surface area contributed by atoms with E-state index in [0.29, 0.717) is 21.7 Å². The summed E-state index contributed by atoms with van der Waals surface area (Å²) in [5.41, 5.74) is 3.17. The Balaban J connectivity index is 1.77. The van der Waals surface area contributed by atoms with Crippen LogP contribution < -0.4 is 9.47 Å². The highest BCUT2D eigenvalue weighted by Crippen LogP contribution is 2.41. The lowest BCUT2D eigenvalue weighted by molar-refractivity contribution is -0.384. The second kappa shape index (κ2) is 9.81. The van der Waals surface area contributed by atoms with E-state index in [4.69, 9.17) is 26.1 Å². The lowest BCUT2D eigenvalue weighted by Gasteiger charge is -2.09. The number of non-ortho nitro benzene ring substituents is 1. The molecule has 7 nitrogen and oxygen atoms in total. The maximum atomic E-state index is 11.0. The van der Waals surface area contributed by atoms with Gasteiger partial charge in [0.2, 0.25) is 5.13 Å². The number of methoxy groups -OCH3 is 2. The fourth-order valence-corrected chi connectivity index (χ4v) is 4.30. The highest BCUT2D eigenvalue weighted by atomic mass is 35.5. The SMILES string of the molecule is COc1cccc(C=Nc2nc(-c3ccc(Cl)cc3)c(-c3ccc([N+](=O)[O-])cc3)s2)c1OC. The number of ether oxygens (including phenoxy) is 2. The van der Waals surface area contributed by atoms with Gasteiger partial charge in [0.15, 0.2) is 11.5 Å². The molecule has 1 heterocycles. The maximum Gasteiger partial charge on any atom is 0.269 e. The van der Waals surface area contributed by atoms with Gasteiger partial charge in [-0.25, -0.2) is 9.98 Å². The molecule has 0 aliphatic rings. The molecule has 0 aliphatic carbocycles. The predicted octanol–water partition coefficient (Wildman–Crippen LogP) is 6.81. The largest absolute Gasteiger partial charge is 0.493 e. The number of rotatable bonds is 7. The van der Waals surface area contributed by atoms with Gasteiger partial charge in [-0.05, 0) is 42.0 Å². The molecule has 1 aromatic heterocycles. The Morgan fingerprint density at radius 1 is 1.00 bits per heavy atom. The van der Waals surface area contributed by atoms with Crippen molar-refractivity contribution in [1.29, 1.82) is 0 Å². The second-order valence-electron chi connectivity index (χ2n) is 6.83. The van der Waals surface area contributed by atoms with Gasteiger partial charge in [-0.3, -0.25) is 10.1 Å². The Morgan fingerprint density at radius 3 is 2.33 bits per heavy atom. The monoisotopic (exact) mass is 479 g/mol. The number of nitro groups is 1. The highest BCUT2D eigenvalue weighted by molar-refractivity contribution is 7.19. The molecule has 0 saturated carbocycles. The first-order valence-electron chi connectivity index (χ1n) is 9.77. The molecular weight excluding hydrogens is 462 g/mol. The van der Waals surface area contributed by atoms with Crippen LogP contribution in [0.3, 0.4) is 0 Å². The fourth-order valence-electron chi connectivity index (χ4n) is 3.24. The van der Waals surface area contributed by atoms with Crippen LogP contribution in [0.1, 0.15) is 5.56 Å². The van der Waals surface area contributed by atoms with E-state index < -0.39 is 4.92 Å². The zero-order chi connectivity index (χ0) is 23.4. The fraction of sp³-hybridized carbons (Fsp3) is 0.0833. The van der Waals surface area contributed by atoms with Crippen LogP contribution in [0, 0.1) is 10.1 Å². The minimum absolute atomic E-state index is 0.0275. The lowest BCUT2D eigenvalue weighted by Crippen LogP contribution is -1.94. The van der Waals surface area contributed by atoms with Crippen molar-refractivity contribution in [2.75, 3.05) is 14.2 Å². The van der Waals surface area contributed by atoms with Crippen LogP contribution in [-0.4, -0.2) is 30.3 Å². The molecule has 0 bridgehead atoms. The molecule has 0 N–H and O–H groups in total. The van der Waals surface area contributed by atoms with Gasteiger partial charge in [0.05, 0.1) is 29.7 Å². The first kappa shape index (κ1) is 22.4. The van der Waals surface area contributed by atoms with E-state index in [1.165, 1.54) is 23.5 Å². The zero-order valence-electron chi connectivity index (χ0n) is 17.7. The van der Waals surface area contributed by atoms with Gasteiger partial charge >= 0.3 is 0 Å². The quantitative estimate of drug-likeness (QED) is 0.165. The summed E-state index contributed by atoms with van der Waals surface area (Å²) in [6.45, 7) is 0. The summed E-state index contributed by atoms with van der Waals surface area (Å²) in [5, 5.41) is 12.2. The summed E-state index contributed by atoms with van der Waals surface area (Å²) < 4.78 is 10.8. The van der Waals surface area contributed by atoms with Gasteiger partial charge in [-0.2, -0.15) is 0 Å². The van der Waals surface area contributed by atoms with Gasteiger partial charge in [0, 0.05) is 34.5 Å². The van der Waals surface area contributed by atoms with E-state index in [0.717, 1.165) is 27.3 Å². The number of hydrogen-bond acceptors (Lipinski definition) is 7. The molecule has 0 aliphatic heterocycles. The molecule has 0 amide bonds. The van der Waals surface area contributed by atoms with Crippen molar-refractivity contribution < 1.29 is 14.4 Å². The van der Waals surface area contributed by atoms with Crippen molar-refractivity contribution in [3.63, 3.8) is 0 Å². The smallest absolute Gasteiger partial charge is 0.269 e. The molecule has 4 aromatic rings. The summed E-state index contributed by atoms with van der Waals surface area (Å²) in [6.07, 6.45) is 1.67. The van der Waals surface area contributed by atoms with Crippen molar-refractivity contribution in [2.45, 2.75) is 0 Å². The minimum atomic E-state index is -0.423. The van der Waals surface area contributed by atoms with Crippen LogP contribution in [0.2, 0.25) is 5.02 Å². The van der Waals surface area contributed by atoms with Crippen molar-refractivity contribution in [2.24, 2.45) is 4.99 Å². The van der Waals surface area contributed by atoms with Crippen LogP contribution in [0.15, 0.2) is 71.7 Å². The van der Waals surface area contributed by atoms with Crippen molar-refractivity contribution in [1.82, 2.24) is 4.98 Å². The molecule has 4 rings (SSSR count). The number of hydrogen-bond donors (Lipinski definition) is 0. The zero-order valence-corrected chi connectivity index (χ0v) is 19.3. The number of benzene rings is 3. The molecule has 0 saturated heterocycles. The van der Waals surface area contributed by atoms with E-state index >= 15 is 0 Å². The van der Waals surface area contributed by atoms with E-state index in [9.17, 15) is 10.1 Å². The molecule has 0 fully saturated rings. The van der Waals surface area contributed by atoms with E-state index in [2.05, 4.69) is 4.99 Å². The van der Waals surface area contributed by atoms with Crippen LogP contribution >= 0.6 is 22.9 Å². The first-order chi connectivity index (χ1) is 16.0. The van der Waals surface area contributed by atoms with E-state index in [1.54, 1.807) is 44.7 Å². The Bertz CT molecular complexity index is 1320. The van der Waals surface area contributed by atoms with Gasteiger partial charge in [0.1, 0.15) is 0 Å². The maximum absolute atomic E-state index is 11.0. The number of aromatic nitrogens is 1. The Hall–Kier alpha value is -3.75. The average Bonchev–Trinajstić information content (AvgIpc) is 3.27. The summed E-state index contributed by atoms with van der Waals surface area (Å²) in [7, 11) is 3.15. The van der Waals surface area contributed by atoms with E-state index in [1.807, 2.05) is 30.3 Å². The number of nitrogens with zero attached hydrogens (tertiary/aromatic N) is 3. The van der Waals surface area contributed by atoms with Gasteiger partial charge in [-0.15, -0.1) is 0 Å². The number of thiazole rings is 1. The van der Waals surface area contributed by atoms with Crippen molar-refractivity contribution >= 4 is 40.0 Å². The number of para-hydroxylation sites is 1. The Morgan fingerprint density at radius 2 is 1.70 bits per heavy atom. The molecule has 0 radical (unpaired) electrons. The van der Waals surface area contributed by atoms with Crippen molar-refractivity contribution in [3.8, 4) is 33.2 Å². The second-order valence-corrected chi connectivity index (χ2v) is 8.24. The van der Waals surface area contributed by atoms with Crippen LogP contribution in [0.4, 0.5) is 10.8 Å². The third-order valence-electron chi connectivity index (χ3n) is 4.82. The summed E-state index contributed by atoms with van der Waals surface area (Å²) in [4.78, 5) is 20.8. The number of aliphatic imine (C=N–C) groups is 1. The third-order valence-corrected chi connectivity index (χ3v) is 6.09. The summed E-state index contributed by atoms with van der Waals surface area (Å²) in [6, 6.07) is 19.3. The van der Waals surface area contributed by atoms with Gasteiger partial charge in [0.25, 0.3) is 5.69 Å². The number of halogens is 1.